The molecule has 1 aromatic heterocycles. The van der Waals surface area contributed by atoms with E-state index in [1.54, 1.807) is 7.05 Å². The van der Waals surface area contributed by atoms with Crippen LogP contribution in [0.5, 0.6) is 0 Å². The number of nitro benzene ring substituents is 2. The maximum atomic E-state index is 11.0. The monoisotopic (exact) mass is 298 g/mol. The summed E-state index contributed by atoms with van der Waals surface area (Å²) < 4.78 is 0.352. The van der Waals surface area contributed by atoms with Crippen LogP contribution >= 0.6 is 23.6 Å². The first kappa shape index (κ1) is 13.2. The first-order valence-electron chi connectivity index (χ1n) is 4.89. The number of benzene rings is 1. The smallest absolute Gasteiger partial charge is 0.294 e. The Balaban J connectivity index is 2.95. The Morgan fingerprint density at radius 2 is 2.00 bits per heavy atom. The molecule has 0 saturated heterocycles. The van der Waals surface area contributed by atoms with Gasteiger partial charge >= 0.3 is 0 Å². The Kier molecular flexibility index (Phi) is 3.36. The number of aromatic nitrogens is 1. The van der Waals surface area contributed by atoms with Crippen molar-refractivity contribution in [3.63, 3.8) is 0 Å². The number of non-ortho nitro benzene ring substituents is 2. The van der Waals surface area contributed by atoms with Crippen molar-refractivity contribution >= 4 is 50.1 Å². The number of hydrogen-bond acceptors (Lipinski definition) is 8. The molecular formula is C9H6N4O4S2. The normalized spacial score (nSPS) is 10.4. The summed E-state index contributed by atoms with van der Waals surface area (Å²) in [7, 11) is 1.61. The molecule has 2 aromatic rings. The van der Waals surface area contributed by atoms with Crippen LogP contribution in [0.3, 0.4) is 0 Å². The van der Waals surface area contributed by atoms with Crippen molar-refractivity contribution in [2.45, 2.75) is 0 Å². The lowest BCUT2D eigenvalue weighted by Crippen LogP contribution is -1.96. The Hall–Kier alpha value is -2.20. The lowest BCUT2D eigenvalue weighted by Gasteiger charge is -2.02. The van der Waals surface area contributed by atoms with Crippen LogP contribution < -0.4 is 5.32 Å². The molecule has 10 heteroatoms. The number of fused-ring (bicyclic) bond motifs is 1. The fourth-order valence-electron chi connectivity index (χ4n) is 1.48. The van der Waals surface area contributed by atoms with Gasteiger partial charge in [-0.1, -0.05) is 23.6 Å². The number of rotatable bonds is 3. The molecule has 0 fully saturated rings. The molecule has 0 bridgehead atoms. The van der Waals surface area contributed by atoms with Gasteiger partial charge in [0.25, 0.3) is 11.4 Å². The molecule has 0 atom stereocenters. The van der Waals surface area contributed by atoms with Gasteiger partial charge in [0.1, 0.15) is 9.34 Å². The van der Waals surface area contributed by atoms with E-state index < -0.39 is 9.85 Å². The topological polar surface area (TPSA) is 111 Å². The number of hydrogen-bond donors (Lipinski definition) is 1. The van der Waals surface area contributed by atoms with Crippen LogP contribution in [0, 0.1) is 24.9 Å². The molecule has 1 N–H and O–H groups in total. The summed E-state index contributed by atoms with van der Waals surface area (Å²) in [5.74, 6) is 0. The summed E-state index contributed by atoms with van der Waals surface area (Å²) >= 11 is 6.03. The van der Waals surface area contributed by atoms with Gasteiger partial charge in [0.15, 0.2) is 5.13 Å². The van der Waals surface area contributed by atoms with Gasteiger partial charge in [0.2, 0.25) is 0 Å². The van der Waals surface area contributed by atoms with Gasteiger partial charge in [-0.3, -0.25) is 20.2 Å². The standard InChI is InChI=1S/C9H6N4O4S2/c1-10-9-11-8(18)5-2-4(12(14)15)3-6(13(16)17)7(5)19-9/h2-3H,1H3,(H,10,11,18). The maximum Gasteiger partial charge on any atom is 0.294 e. The van der Waals surface area contributed by atoms with E-state index in [1.165, 1.54) is 6.07 Å². The van der Waals surface area contributed by atoms with Crippen LogP contribution in [0.25, 0.3) is 10.1 Å². The highest BCUT2D eigenvalue weighted by molar-refractivity contribution is 7.71. The van der Waals surface area contributed by atoms with E-state index in [2.05, 4.69) is 10.3 Å². The molecule has 0 amide bonds. The Morgan fingerprint density at radius 1 is 1.32 bits per heavy atom. The fraction of sp³-hybridized carbons (Fsp3) is 0.111. The lowest BCUT2D eigenvalue weighted by atomic mass is 10.2. The molecule has 0 aliphatic carbocycles. The molecule has 0 aliphatic rings. The fourth-order valence-corrected chi connectivity index (χ4v) is 2.80. The minimum Gasteiger partial charge on any atom is -0.365 e. The highest BCUT2D eigenvalue weighted by atomic mass is 32.1. The van der Waals surface area contributed by atoms with Crippen molar-refractivity contribution in [3.05, 3.63) is 37.0 Å². The van der Waals surface area contributed by atoms with Crippen LogP contribution in [-0.4, -0.2) is 21.9 Å². The Morgan fingerprint density at radius 3 is 2.53 bits per heavy atom. The van der Waals surface area contributed by atoms with Crippen LogP contribution in [0.2, 0.25) is 0 Å². The van der Waals surface area contributed by atoms with E-state index in [9.17, 15) is 20.2 Å². The van der Waals surface area contributed by atoms with Crippen molar-refractivity contribution in [2.24, 2.45) is 0 Å². The van der Waals surface area contributed by atoms with Gasteiger partial charge in [-0.15, -0.1) is 0 Å². The van der Waals surface area contributed by atoms with Gasteiger partial charge in [-0.2, -0.15) is 0 Å². The van der Waals surface area contributed by atoms with E-state index in [0.717, 1.165) is 17.4 Å². The number of nitrogens with zero attached hydrogens (tertiary/aromatic N) is 3. The molecule has 1 heterocycles. The molecule has 0 unspecified atom stereocenters. The van der Waals surface area contributed by atoms with E-state index in [-0.39, 0.29) is 26.1 Å². The molecule has 0 aliphatic heterocycles. The number of anilines is 1. The molecule has 2 rings (SSSR count). The Bertz CT molecular complexity index is 758. The molecule has 98 valence electrons. The van der Waals surface area contributed by atoms with Gasteiger partial charge in [0, 0.05) is 18.5 Å². The van der Waals surface area contributed by atoms with Gasteiger partial charge < -0.3 is 5.32 Å². The highest BCUT2D eigenvalue weighted by Crippen LogP contribution is 2.36. The summed E-state index contributed by atoms with van der Waals surface area (Å²) in [6.07, 6.45) is 0. The lowest BCUT2D eigenvalue weighted by molar-refractivity contribution is -0.392. The van der Waals surface area contributed by atoms with E-state index in [4.69, 9.17) is 12.2 Å². The zero-order valence-corrected chi connectivity index (χ0v) is 11.1. The summed E-state index contributed by atoms with van der Waals surface area (Å²) in [6.45, 7) is 0. The van der Waals surface area contributed by atoms with Crippen molar-refractivity contribution in [3.8, 4) is 0 Å². The summed E-state index contributed by atoms with van der Waals surface area (Å²) in [5, 5.41) is 25.2. The zero-order valence-electron chi connectivity index (χ0n) is 9.45. The minimum absolute atomic E-state index is 0.0879. The first-order chi connectivity index (χ1) is 8.93. The third-order valence-electron chi connectivity index (χ3n) is 2.31. The quantitative estimate of drug-likeness (QED) is 0.526. The van der Waals surface area contributed by atoms with Gasteiger partial charge in [-0.25, -0.2) is 4.98 Å². The average Bonchev–Trinajstić information content (AvgIpc) is 2.37. The predicted molar refractivity (Wildman–Crippen MR) is 73.3 cm³/mol. The molecular weight excluding hydrogens is 292 g/mol. The molecule has 19 heavy (non-hydrogen) atoms. The number of nitro groups is 2. The van der Waals surface area contributed by atoms with Crippen molar-refractivity contribution < 1.29 is 9.85 Å². The highest BCUT2D eigenvalue weighted by Gasteiger charge is 2.21. The molecule has 0 radical (unpaired) electrons. The zero-order chi connectivity index (χ0) is 14.2. The molecule has 0 spiro atoms. The van der Waals surface area contributed by atoms with Crippen LogP contribution in [-0.2, 0) is 0 Å². The van der Waals surface area contributed by atoms with Crippen molar-refractivity contribution in [1.29, 1.82) is 0 Å². The first-order valence-corrected chi connectivity index (χ1v) is 6.12. The minimum atomic E-state index is -0.697. The summed E-state index contributed by atoms with van der Waals surface area (Å²) in [5.41, 5.74) is -0.726. The Labute approximate surface area is 115 Å². The average molecular weight is 298 g/mol. The van der Waals surface area contributed by atoms with Crippen molar-refractivity contribution in [1.82, 2.24) is 4.98 Å². The largest absolute Gasteiger partial charge is 0.365 e. The van der Waals surface area contributed by atoms with Crippen LogP contribution in [0.4, 0.5) is 16.5 Å². The molecule has 0 saturated carbocycles. The van der Waals surface area contributed by atoms with Gasteiger partial charge in [-0.05, 0) is 0 Å². The van der Waals surface area contributed by atoms with E-state index in [1.807, 2.05) is 0 Å². The second kappa shape index (κ2) is 4.82. The van der Waals surface area contributed by atoms with E-state index in [0.29, 0.717) is 5.13 Å². The van der Waals surface area contributed by atoms with E-state index >= 15 is 0 Å². The van der Waals surface area contributed by atoms with Crippen LogP contribution in [0.1, 0.15) is 0 Å². The second-order valence-electron chi connectivity index (χ2n) is 3.43. The summed E-state index contributed by atoms with van der Waals surface area (Å²) in [6, 6.07) is 2.13. The SMILES string of the molecule is CNc1nc(=S)c2cc([N+](=O)[O-])cc([N+](=O)[O-])c2s1. The third kappa shape index (κ3) is 2.35. The predicted octanol–water partition coefficient (Wildman–Crippen LogP) is 2.88. The number of nitrogens with one attached hydrogen (secondary N) is 1. The summed E-state index contributed by atoms with van der Waals surface area (Å²) in [4.78, 5) is 24.4. The maximum absolute atomic E-state index is 11.0. The van der Waals surface area contributed by atoms with Gasteiger partial charge in [0.05, 0.1) is 15.9 Å². The molecule has 8 nitrogen and oxygen atoms in total. The van der Waals surface area contributed by atoms with Crippen LogP contribution in [0.15, 0.2) is 12.1 Å². The van der Waals surface area contributed by atoms with Crippen molar-refractivity contribution in [2.75, 3.05) is 12.4 Å². The molecule has 1 aromatic carbocycles. The third-order valence-corrected chi connectivity index (χ3v) is 3.74. The second-order valence-corrected chi connectivity index (χ2v) is 4.82.